The summed E-state index contributed by atoms with van der Waals surface area (Å²) in [6.07, 6.45) is 2.85. The lowest BCUT2D eigenvalue weighted by Crippen LogP contribution is -2.49. The van der Waals surface area contributed by atoms with Crippen LogP contribution in [-0.2, 0) is 4.79 Å². The molecule has 3 N–H and O–H groups in total. The van der Waals surface area contributed by atoms with Crippen molar-refractivity contribution in [2.24, 2.45) is 5.73 Å². The Morgan fingerprint density at radius 3 is 2.94 bits per heavy atom. The standard InChI is InChI=1S/C11H19N5O2/c1-7(12)10-14-15-11(18-10)16-6-4-3-5-8(16)9(17)13-2/h7-8H,3-6,12H2,1-2H3,(H,13,17). The predicted octanol–water partition coefficient (Wildman–Crippen LogP) is 0.194. The number of hydrogen-bond acceptors (Lipinski definition) is 6. The second-order valence-corrected chi connectivity index (χ2v) is 4.53. The fourth-order valence-corrected chi connectivity index (χ4v) is 2.13. The van der Waals surface area contributed by atoms with Gasteiger partial charge in [0.05, 0.1) is 6.04 Å². The van der Waals surface area contributed by atoms with Crippen LogP contribution in [0.15, 0.2) is 4.42 Å². The molecule has 100 valence electrons. The SMILES string of the molecule is CNC(=O)C1CCCCN1c1nnc(C(C)N)o1. The smallest absolute Gasteiger partial charge is 0.318 e. The highest BCUT2D eigenvalue weighted by Crippen LogP contribution is 2.24. The minimum absolute atomic E-state index is 0.0183. The van der Waals surface area contributed by atoms with Gasteiger partial charge >= 0.3 is 6.01 Å². The van der Waals surface area contributed by atoms with Gasteiger partial charge in [0.2, 0.25) is 11.8 Å². The van der Waals surface area contributed by atoms with Crippen LogP contribution < -0.4 is 16.0 Å². The molecule has 1 aliphatic rings. The molecule has 2 rings (SSSR count). The van der Waals surface area contributed by atoms with Gasteiger partial charge in [-0.25, -0.2) is 0 Å². The van der Waals surface area contributed by atoms with Gasteiger partial charge in [0.1, 0.15) is 6.04 Å². The van der Waals surface area contributed by atoms with E-state index in [4.69, 9.17) is 10.2 Å². The monoisotopic (exact) mass is 253 g/mol. The van der Waals surface area contributed by atoms with Crippen LogP contribution in [0.4, 0.5) is 6.01 Å². The highest BCUT2D eigenvalue weighted by molar-refractivity contribution is 5.84. The Balaban J connectivity index is 2.19. The van der Waals surface area contributed by atoms with E-state index in [9.17, 15) is 4.79 Å². The van der Waals surface area contributed by atoms with E-state index >= 15 is 0 Å². The van der Waals surface area contributed by atoms with Crippen LogP contribution in [-0.4, -0.2) is 35.7 Å². The minimum atomic E-state index is -0.297. The van der Waals surface area contributed by atoms with Gasteiger partial charge in [-0.3, -0.25) is 4.79 Å². The van der Waals surface area contributed by atoms with Gasteiger partial charge in [-0.15, -0.1) is 5.10 Å². The summed E-state index contributed by atoms with van der Waals surface area (Å²) >= 11 is 0. The fourth-order valence-electron chi connectivity index (χ4n) is 2.13. The molecule has 0 aliphatic carbocycles. The van der Waals surface area contributed by atoms with Crippen molar-refractivity contribution in [1.29, 1.82) is 0 Å². The first kappa shape index (κ1) is 12.8. The molecule has 2 heterocycles. The number of carbonyl (C=O) groups excluding carboxylic acids is 1. The largest absolute Gasteiger partial charge is 0.406 e. The van der Waals surface area contributed by atoms with Crippen LogP contribution in [0.2, 0.25) is 0 Å². The van der Waals surface area contributed by atoms with Crippen LogP contribution in [0.3, 0.4) is 0 Å². The van der Waals surface area contributed by atoms with E-state index in [1.54, 1.807) is 14.0 Å². The Labute approximate surface area is 106 Å². The molecule has 2 atom stereocenters. The van der Waals surface area contributed by atoms with Crippen LogP contribution >= 0.6 is 0 Å². The van der Waals surface area contributed by atoms with Crippen molar-refractivity contribution >= 4 is 11.9 Å². The molecule has 7 nitrogen and oxygen atoms in total. The number of nitrogens with one attached hydrogen (secondary N) is 1. The van der Waals surface area contributed by atoms with Gasteiger partial charge in [0.25, 0.3) is 0 Å². The summed E-state index contributed by atoms with van der Waals surface area (Å²) in [4.78, 5) is 13.7. The molecule has 0 aromatic carbocycles. The number of nitrogens with zero attached hydrogens (tertiary/aromatic N) is 3. The Morgan fingerprint density at radius 2 is 2.33 bits per heavy atom. The third-order valence-electron chi connectivity index (χ3n) is 3.12. The van der Waals surface area contributed by atoms with E-state index in [0.29, 0.717) is 11.9 Å². The van der Waals surface area contributed by atoms with Crippen molar-refractivity contribution in [1.82, 2.24) is 15.5 Å². The lowest BCUT2D eigenvalue weighted by molar-refractivity contribution is -0.122. The van der Waals surface area contributed by atoms with E-state index in [2.05, 4.69) is 15.5 Å². The van der Waals surface area contributed by atoms with Gasteiger partial charge in [0.15, 0.2) is 0 Å². The van der Waals surface area contributed by atoms with E-state index in [-0.39, 0.29) is 18.0 Å². The molecule has 0 saturated carbocycles. The summed E-state index contributed by atoms with van der Waals surface area (Å²) in [7, 11) is 1.64. The first-order chi connectivity index (χ1) is 8.63. The summed E-state index contributed by atoms with van der Waals surface area (Å²) < 4.78 is 5.51. The van der Waals surface area contributed by atoms with Crippen LogP contribution in [0.1, 0.15) is 38.1 Å². The van der Waals surface area contributed by atoms with Crippen LogP contribution in [0.5, 0.6) is 0 Å². The topological polar surface area (TPSA) is 97.3 Å². The number of rotatable bonds is 3. The maximum Gasteiger partial charge on any atom is 0.318 e. The van der Waals surface area contributed by atoms with Gasteiger partial charge in [-0.2, -0.15) is 0 Å². The number of aromatic nitrogens is 2. The molecule has 1 amide bonds. The molecular weight excluding hydrogens is 234 g/mol. The average Bonchev–Trinajstić information content (AvgIpc) is 2.87. The predicted molar refractivity (Wildman–Crippen MR) is 66.0 cm³/mol. The summed E-state index contributed by atoms with van der Waals surface area (Å²) in [5, 5.41) is 10.5. The zero-order chi connectivity index (χ0) is 13.1. The molecule has 1 saturated heterocycles. The molecule has 0 bridgehead atoms. The molecular formula is C11H19N5O2. The lowest BCUT2D eigenvalue weighted by atomic mass is 10.0. The second-order valence-electron chi connectivity index (χ2n) is 4.53. The molecule has 2 unspecified atom stereocenters. The highest BCUT2D eigenvalue weighted by Gasteiger charge is 2.31. The van der Waals surface area contributed by atoms with Gasteiger partial charge < -0.3 is 20.4 Å². The number of carbonyl (C=O) groups is 1. The zero-order valence-corrected chi connectivity index (χ0v) is 10.7. The number of anilines is 1. The summed E-state index contributed by atoms with van der Waals surface area (Å²) in [6, 6.07) is -0.143. The molecule has 1 aliphatic heterocycles. The van der Waals surface area contributed by atoms with E-state index < -0.39 is 0 Å². The Hall–Kier alpha value is -1.63. The van der Waals surface area contributed by atoms with E-state index in [0.717, 1.165) is 25.8 Å². The van der Waals surface area contributed by atoms with Gasteiger partial charge in [-0.1, -0.05) is 5.10 Å². The van der Waals surface area contributed by atoms with Crippen LogP contribution in [0.25, 0.3) is 0 Å². The zero-order valence-electron chi connectivity index (χ0n) is 10.7. The summed E-state index contributed by atoms with van der Waals surface area (Å²) in [5.74, 6) is 0.376. The Kier molecular flexibility index (Phi) is 3.81. The number of amides is 1. The Morgan fingerprint density at radius 1 is 1.56 bits per heavy atom. The minimum Gasteiger partial charge on any atom is -0.406 e. The third-order valence-corrected chi connectivity index (χ3v) is 3.12. The first-order valence-corrected chi connectivity index (χ1v) is 6.20. The molecule has 1 aromatic rings. The maximum atomic E-state index is 11.8. The van der Waals surface area contributed by atoms with Crippen molar-refractivity contribution in [2.75, 3.05) is 18.5 Å². The second kappa shape index (κ2) is 5.34. The molecule has 1 aromatic heterocycles. The van der Waals surface area contributed by atoms with E-state index in [1.807, 2.05) is 4.90 Å². The third kappa shape index (κ3) is 2.45. The Bertz CT molecular complexity index is 417. The molecule has 18 heavy (non-hydrogen) atoms. The molecule has 7 heteroatoms. The summed E-state index contributed by atoms with van der Waals surface area (Å²) in [6.45, 7) is 2.53. The quantitative estimate of drug-likeness (QED) is 0.798. The van der Waals surface area contributed by atoms with Crippen molar-refractivity contribution in [3.8, 4) is 0 Å². The maximum absolute atomic E-state index is 11.8. The van der Waals surface area contributed by atoms with Crippen molar-refractivity contribution in [3.05, 3.63) is 5.89 Å². The average molecular weight is 253 g/mol. The van der Waals surface area contributed by atoms with E-state index in [1.165, 1.54) is 0 Å². The number of likely N-dealkylation sites (N-methyl/N-ethyl adjacent to an activating group) is 1. The number of nitrogens with two attached hydrogens (primary N) is 1. The number of hydrogen-bond donors (Lipinski definition) is 2. The van der Waals surface area contributed by atoms with Crippen LogP contribution in [0, 0.1) is 0 Å². The molecule has 1 fully saturated rings. The molecule has 0 spiro atoms. The molecule has 0 radical (unpaired) electrons. The van der Waals surface area contributed by atoms with Crippen molar-refractivity contribution < 1.29 is 9.21 Å². The highest BCUT2D eigenvalue weighted by atomic mass is 16.4. The number of piperidine rings is 1. The van der Waals surface area contributed by atoms with Gasteiger partial charge in [-0.05, 0) is 26.2 Å². The van der Waals surface area contributed by atoms with Crippen molar-refractivity contribution in [3.63, 3.8) is 0 Å². The van der Waals surface area contributed by atoms with Gasteiger partial charge in [0, 0.05) is 13.6 Å². The summed E-state index contributed by atoms with van der Waals surface area (Å²) in [5.41, 5.74) is 5.68. The fraction of sp³-hybridized carbons (Fsp3) is 0.727. The normalized spacial score (nSPS) is 21.7. The first-order valence-electron chi connectivity index (χ1n) is 6.20. The lowest BCUT2D eigenvalue weighted by Gasteiger charge is -2.32. The van der Waals surface area contributed by atoms with Crippen molar-refractivity contribution in [2.45, 2.75) is 38.3 Å².